The van der Waals surface area contributed by atoms with Crippen LogP contribution in [0.25, 0.3) is 0 Å². The fraction of sp³-hybridized carbons (Fsp3) is 0.250. The summed E-state index contributed by atoms with van der Waals surface area (Å²) in [6.45, 7) is 4.34. The molecule has 5 heteroatoms. The third-order valence-electron chi connectivity index (χ3n) is 3.41. The first-order valence-electron chi connectivity index (χ1n) is 6.69. The zero-order valence-corrected chi connectivity index (χ0v) is 13.6. The van der Waals surface area contributed by atoms with E-state index < -0.39 is 0 Å². The maximum Gasteiger partial charge on any atom is 0.250 e. The van der Waals surface area contributed by atoms with Crippen LogP contribution in [0.15, 0.2) is 45.8 Å². The molecule has 0 radical (unpaired) electrons. The number of pyridine rings is 1. The molecule has 0 aliphatic heterocycles. The van der Waals surface area contributed by atoms with E-state index in [9.17, 15) is 9.59 Å². The van der Waals surface area contributed by atoms with Gasteiger partial charge in [-0.1, -0.05) is 12.1 Å². The van der Waals surface area contributed by atoms with E-state index in [1.807, 2.05) is 32.0 Å². The quantitative estimate of drug-likeness (QED) is 0.921. The molecule has 0 spiro atoms. The van der Waals surface area contributed by atoms with Gasteiger partial charge < -0.3 is 9.88 Å². The van der Waals surface area contributed by atoms with Crippen LogP contribution in [0.4, 0.5) is 5.69 Å². The molecular formula is C16H17BrN2O2. The first-order valence-corrected chi connectivity index (χ1v) is 7.49. The fourth-order valence-corrected chi connectivity index (χ4v) is 2.38. The summed E-state index contributed by atoms with van der Waals surface area (Å²) in [5.41, 5.74) is 2.90. The van der Waals surface area contributed by atoms with Crippen molar-refractivity contribution in [3.63, 3.8) is 0 Å². The summed E-state index contributed by atoms with van der Waals surface area (Å²) < 4.78 is 2.34. The summed E-state index contributed by atoms with van der Waals surface area (Å²) in [5.74, 6) is -0.101. The molecule has 1 aromatic carbocycles. The summed E-state index contributed by atoms with van der Waals surface area (Å²) in [4.78, 5) is 23.7. The fourth-order valence-electron chi connectivity index (χ4n) is 2.00. The van der Waals surface area contributed by atoms with Gasteiger partial charge in [-0.15, -0.1) is 0 Å². The number of halogens is 1. The molecule has 0 aliphatic rings. The number of amides is 1. The Morgan fingerprint density at radius 2 is 2.00 bits per heavy atom. The van der Waals surface area contributed by atoms with Crippen LogP contribution < -0.4 is 10.9 Å². The number of benzene rings is 1. The lowest BCUT2D eigenvalue weighted by Crippen LogP contribution is -2.22. The summed E-state index contributed by atoms with van der Waals surface area (Å²) in [6.07, 6.45) is 1.94. The maximum atomic E-state index is 12.0. The van der Waals surface area contributed by atoms with E-state index in [0.29, 0.717) is 6.54 Å². The van der Waals surface area contributed by atoms with Crippen LogP contribution in [0, 0.1) is 13.8 Å². The van der Waals surface area contributed by atoms with Crippen molar-refractivity contribution in [1.29, 1.82) is 0 Å². The Balaban J connectivity index is 2.01. The van der Waals surface area contributed by atoms with E-state index in [0.717, 1.165) is 21.3 Å². The molecule has 0 unspecified atom stereocenters. The summed E-state index contributed by atoms with van der Waals surface area (Å²) in [6, 6.07) is 8.97. The predicted octanol–water partition coefficient (Wildman–Crippen LogP) is 3.26. The van der Waals surface area contributed by atoms with E-state index >= 15 is 0 Å². The Labute approximate surface area is 131 Å². The molecule has 0 saturated heterocycles. The van der Waals surface area contributed by atoms with E-state index in [4.69, 9.17) is 0 Å². The van der Waals surface area contributed by atoms with Gasteiger partial charge in [-0.25, -0.2) is 0 Å². The van der Waals surface area contributed by atoms with Crippen molar-refractivity contribution in [2.45, 2.75) is 26.8 Å². The van der Waals surface area contributed by atoms with Gasteiger partial charge in [0.25, 0.3) is 5.56 Å². The second kappa shape index (κ2) is 6.72. The highest BCUT2D eigenvalue weighted by molar-refractivity contribution is 9.10. The standard InChI is InChI=1S/C16H17BrN2O2/c1-11-4-3-5-14(12(11)2)18-15(20)8-9-19-10-13(17)6-7-16(19)21/h3-7,10H,8-9H2,1-2H3,(H,18,20). The van der Waals surface area contributed by atoms with Crippen LogP contribution in [-0.2, 0) is 11.3 Å². The summed E-state index contributed by atoms with van der Waals surface area (Å²) >= 11 is 3.31. The van der Waals surface area contributed by atoms with Crippen molar-refractivity contribution in [2.24, 2.45) is 0 Å². The van der Waals surface area contributed by atoms with Gasteiger partial charge in [-0.3, -0.25) is 9.59 Å². The van der Waals surface area contributed by atoms with Gasteiger partial charge >= 0.3 is 0 Å². The van der Waals surface area contributed by atoms with Crippen LogP contribution in [0.1, 0.15) is 17.5 Å². The average molecular weight is 349 g/mol. The largest absolute Gasteiger partial charge is 0.326 e. The number of nitrogens with zero attached hydrogens (tertiary/aromatic N) is 1. The monoisotopic (exact) mass is 348 g/mol. The first kappa shape index (κ1) is 15.5. The van der Waals surface area contributed by atoms with Crippen LogP contribution in [0.5, 0.6) is 0 Å². The van der Waals surface area contributed by atoms with Gasteiger partial charge in [0.2, 0.25) is 5.91 Å². The summed E-state index contributed by atoms with van der Waals surface area (Å²) in [5, 5.41) is 2.89. The highest BCUT2D eigenvalue weighted by Gasteiger charge is 2.07. The van der Waals surface area contributed by atoms with Crippen molar-refractivity contribution < 1.29 is 4.79 Å². The Kier molecular flexibility index (Phi) is 4.96. The number of aryl methyl sites for hydroxylation is 2. The normalized spacial score (nSPS) is 10.4. The number of rotatable bonds is 4. The predicted molar refractivity (Wildman–Crippen MR) is 87.6 cm³/mol. The molecule has 21 heavy (non-hydrogen) atoms. The second-order valence-corrected chi connectivity index (χ2v) is 5.84. The van der Waals surface area contributed by atoms with Gasteiger partial charge in [0.05, 0.1) is 0 Å². The smallest absolute Gasteiger partial charge is 0.250 e. The number of anilines is 1. The van der Waals surface area contributed by atoms with Crippen LogP contribution in [-0.4, -0.2) is 10.5 Å². The van der Waals surface area contributed by atoms with Gasteiger partial charge in [-0.2, -0.15) is 0 Å². The zero-order valence-electron chi connectivity index (χ0n) is 12.0. The van der Waals surface area contributed by atoms with Gasteiger partial charge in [0.1, 0.15) is 0 Å². The number of hydrogen-bond donors (Lipinski definition) is 1. The topological polar surface area (TPSA) is 51.1 Å². The van der Waals surface area contributed by atoms with Gasteiger partial charge in [0.15, 0.2) is 0 Å². The highest BCUT2D eigenvalue weighted by Crippen LogP contribution is 2.18. The first-order chi connectivity index (χ1) is 9.97. The van der Waals surface area contributed by atoms with Crippen molar-refractivity contribution in [1.82, 2.24) is 4.57 Å². The minimum absolute atomic E-state index is 0.101. The van der Waals surface area contributed by atoms with Crippen molar-refractivity contribution in [2.75, 3.05) is 5.32 Å². The highest BCUT2D eigenvalue weighted by atomic mass is 79.9. The number of hydrogen-bond acceptors (Lipinski definition) is 2. The molecule has 2 aromatic rings. The number of carbonyl (C=O) groups excluding carboxylic acids is 1. The number of aromatic nitrogens is 1. The third-order valence-corrected chi connectivity index (χ3v) is 3.87. The van der Waals surface area contributed by atoms with E-state index in [-0.39, 0.29) is 17.9 Å². The molecule has 4 nitrogen and oxygen atoms in total. The summed E-state index contributed by atoms with van der Waals surface area (Å²) in [7, 11) is 0. The van der Waals surface area contributed by atoms with Crippen molar-refractivity contribution in [3.8, 4) is 0 Å². The lowest BCUT2D eigenvalue weighted by molar-refractivity contribution is -0.116. The third kappa shape index (κ3) is 4.04. The van der Waals surface area contributed by atoms with Crippen molar-refractivity contribution in [3.05, 3.63) is 62.5 Å². The molecule has 0 fully saturated rings. The molecule has 1 aromatic heterocycles. The Morgan fingerprint density at radius 3 is 2.76 bits per heavy atom. The molecule has 1 amide bonds. The lowest BCUT2D eigenvalue weighted by Gasteiger charge is -2.11. The van der Waals surface area contributed by atoms with Crippen molar-refractivity contribution >= 4 is 27.5 Å². The van der Waals surface area contributed by atoms with Crippen LogP contribution in [0.3, 0.4) is 0 Å². The Morgan fingerprint density at radius 1 is 1.24 bits per heavy atom. The average Bonchev–Trinajstić information content (AvgIpc) is 2.45. The van der Waals surface area contributed by atoms with E-state index in [2.05, 4.69) is 21.2 Å². The molecule has 0 atom stereocenters. The Bertz CT molecular complexity index is 722. The molecule has 0 aliphatic carbocycles. The molecule has 0 bridgehead atoms. The zero-order chi connectivity index (χ0) is 15.4. The van der Waals surface area contributed by atoms with Gasteiger partial charge in [-0.05, 0) is 53.0 Å². The number of carbonyl (C=O) groups is 1. The van der Waals surface area contributed by atoms with Crippen LogP contribution >= 0.6 is 15.9 Å². The number of nitrogens with one attached hydrogen (secondary N) is 1. The Hall–Kier alpha value is -1.88. The molecular weight excluding hydrogens is 332 g/mol. The molecule has 110 valence electrons. The minimum atomic E-state index is -0.113. The minimum Gasteiger partial charge on any atom is -0.326 e. The van der Waals surface area contributed by atoms with E-state index in [1.165, 1.54) is 10.6 Å². The molecule has 1 N–H and O–H groups in total. The maximum absolute atomic E-state index is 12.0. The SMILES string of the molecule is Cc1cccc(NC(=O)CCn2cc(Br)ccc2=O)c1C. The lowest BCUT2D eigenvalue weighted by atomic mass is 10.1. The molecule has 1 heterocycles. The second-order valence-electron chi connectivity index (χ2n) is 4.92. The molecule has 2 rings (SSSR count). The van der Waals surface area contributed by atoms with Crippen LogP contribution in [0.2, 0.25) is 0 Å². The molecule has 0 saturated carbocycles. The van der Waals surface area contributed by atoms with Gasteiger partial charge in [0, 0.05) is 35.4 Å². The van der Waals surface area contributed by atoms with E-state index in [1.54, 1.807) is 12.3 Å².